The fourth-order valence-electron chi connectivity index (χ4n) is 3.35. The Hall–Kier alpha value is -1.32. The lowest BCUT2D eigenvalue weighted by atomic mass is 9.67. The van der Waals surface area contributed by atoms with E-state index in [4.69, 9.17) is 0 Å². The molecule has 0 bridgehead atoms. The Labute approximate surface area is 134 Å². The van der Waals surface area contributed by atoms with Crippen LogP contribution in [-0.4, -0.2) is 22.2 Å². The van der Waals surface area contributed by atoms with Gasteiger partial charge in [-0.1, -0.05) is 53.4 Å². The molecule has 2 N–H and O–H groups in total. The summed E-state index contributed by atoms with van der Waals surface area (Å²) < 4.78 is 0. The smallest absolute Gasteiger partial charge is 0.343 e. The molecule has 0 radical (unpaired) electrons. The Balaban J connectivity index is 6.08. The molecule has 0 heterocycles. The first kappa shape index (κ1) is 20.7. The molecule has 22 heavy (non-hydrogen) atoms. The second-order valence-electron chi connectivity index (χ2n) is 6.05. The molecular weight excluding hydrogens is 280 g/mol. The highest BCUT2D eigenvalue weighted by atomic mass is 16.4. The first-order valence-electron chi connectivity index (χ1n) is 8.60. The van der Waals surface area contributed by atoms with Crippen LogP contribution in [0, 0.1) is 5.41 Å². The molecular formula is C18H32O4. The van der Waals surface area contributed by atoms with Crippen LogP contribution in [0.2, 0.25) is 0 Å². The average Bonchev–Trinajstić information content (AvgIpc) is 2.47. The number of unbranched alkanes of at least 4 members (excludes halogenated alkanes) is 2. The number of rotatable bonds is 12. The molecule has 4 nitrogen and oxygen atoms in total. The number of allylic oxidation sites excluding steroid dienone is 1. The summed E-state index contributed by atoms with van der Waals surface area (Å²) in [5.74, 6) is -2.60. The minimum atomic E-state index is -1.30. The van der Waals surface area contributed by atoms with E-state index in [1.807, 2.05) is 6.92 Å². The largest absolute Gasteiger partial charge is 0.477 e. The Kier molecular flexibility index (Phi) is 9.79. The first-order chi connectivity index (χ1) is 10.4. The van der Waals surface area contributed by atoms with E-state index < -0.39 is 11.9 Å². The molecule has 0 aromatic heterocycles. The quantitative estimate of drug-likeness (QED) is 0.301. The van der Waals surface area contributed by atoms with E-state index in [-0.39, 0.29) is 11.0 Å². The molecule has 1 atom stereocenters. The lowest BCUT2D eigenvalue weighted by Crippen LogP contribution is -2.28. The summed E-state index contributed by atoms with van der Waals surface area (Å²) in [6.45, 7) is 8.28. The van der Waals surface area contributed by atoms with Gasteiger partial charge in [-0.2, -0.15) is 0 Å². The van der Waals surface area contributed by atoms with E-state index in [0.717, 1.165) is 51.4 Å². The summed E-state index contributed by atoms with van der Waals surface area (Å²) in [6.07, 6.45) is 7.81. The van der Waals surface area contributed by atoms with Gasteiger partial charge in [-0.15, -0.1) is 0 Å². The molecule has 0 aromatic carbocycles. The molecule has 1 unspecified atom stereocenters. The van der Waals surface area contributed by atoms with Crippen molar-refractivity contribution in [2.45, 2.75) is 85.5 Å². The van der Waals surface area contributed by atoms with Gasteiger partial charge in [0.2, 0.25) is 0 Å². The molecule has 0 rings (SSSR count). The van der Waals surface area contributed by atoms with E-state index in [2.05, 4.69) is 20.8 Å². The molecule has 0 aliphatic carbocycles. The van der Waals surface area contributed by atoms with Crippen LogP contribution in [-0.2, 0) is 9.59 Å². The maximum absolute atomic E-state index is 11.5. The van der Waals surface area contributed by atoms with Crippen molar-refractivity contribution in [2.75, 3.05) is 0 Å². The van der Waals surface area contributed by atoms with Gasteiger partial charge in [0.15, 0.2) is 0 Å². The normalized spacial score (nSPS) is 13.5. The highest BCUT2D eigenvalue weighted by Crippen LogP contribution is 2.45. The summed E-state index contributed by atoms with van der Waals surface area (Å²) in [5, 5.41) is 18.9. The number of carboxylic acids is 2. The molecule has 0 saturated heterocycles. The van der Waals surface area contributed by atoms with Gasteiger partial charge in [0.05, 0.1) is 0 Å². The fourth-order valence-corrected chi connectivity index (χ4v) is 3.35. The third-order valence-corrected chi connectivity index (χ3v) is 4.56. The monoisotopic (exact) mass is 312 g/mol. The van der Waals surface area contributed by atoms with Crippen LogP contribution in [0.15, 0.2) is 11.1 Å². The summed E-state index contributed by atoms with van der Waals surface area (Å²) in [5.41, 5.74) is -0.0153. The van der Waals surface area contributed by atoms with E-state index in [1.54, 1.807) is 0 Å². The zero-order chi connectivity index (χ0) is 17.2. The van der Waals surface area contributed by atoms with Crippen molar-refractivity contribution in [1.82, 2.24) is 0 Å². The predicted octanol–water partition coefficient (Wildman–Crippen LogP) is 5.03. The molecule has 0 saturated carbocycles. The highest BCUT2D eigenvalue weighted by Gasteiger charge is 2.36. The number of carboxylic acid groups (broad SMARTS) is 2. The number of carbonyl (C=O) groups is 2. The Morgan fingerprint density at radius 2 is 1.36 bits per heavy atom. The summed E-state index contributed by atoms with van der Waals surface area (Å²) >= 11 is 0. The maximum Gasteiger partial charge on any atom is 0.343 e. The van der Waals surface area contributed by atoms with Crippen molar-refractivity contribution >= 4 is 11.9 Å². The van der Waals surface area contributed by atoms with Gasteiger partial charge in [-0.05, 0) is 43.1 Å². The van der Waals surface area contributed by atoms with Crippen LogP contribution < -0.4 is 0 Å². The van der Waals surface area contributed by atoms with Crippen LogP contribution in [0.3, 0.4) is 0 Å². The average molecular weight is 312 g/mol. The van der Waals surface area contributed by atoms with Crippen LogP contribution >= 0.6 is 0 Å². The standard InChI is InChI=1S/C18H32O4/c1-5-9-11-14(15(16(19)20)17(21)22)18(8-4,12-7-3)13-10-6-2/h5-13H2,1-4H3,(H,19,20)(H,21,22). The van der Waals surface area contributed by atoms with Crippen molar-refractivity contribution in [3.8, 4) is 0 Å². The number of hydrogen-bond acceptors (Lipinski definition) is 2. The van der Waals surface area contributed by atoms with Gasteiger partial charge in [-0.25, -0.2) is 9.59 Å². The van der Waals surface area contributed by atoms with Crippen molar-refractivity contribution in [1.29, 1.82) is 0 Å². The maximum atomic E-state index is 11.5. The van der Waals surface area contributed by atoms with Gasteiger partial charge in [0.1, 0.15) is 5.57 Å². The molecule has 0 amide bonds. The van der Waals surface area contributed by atoms with Crippen LogP contribution in [0.5, 0.6) is 0 Å². The van der Waals surface area contributed by atoms with Crippen LogP contribution in [0.4, 0.5) is 0 Å². The SMILES string of the molecule is CCCCC(=C(C(=O)O)C(=O)O)C(CC)(CCC)CCCC. The molecule has 0 aliphatic rings. The molecule has 4 heteroatoms. The van der Waals surface area contributed by atoms with Crippen LogP contribution in [0.25, 0.3) is 0 Å². The van der Waals surface area contributed by atoms with Gasteiger partial charge < -0.3 is 10.2 Å². The zero-order valence-electron chi connectivity index (χ0n) is 14.6. The first-order valence-corrected chi connectivity index (χ1v) is 8.60. The topological polar surface area (TPSA) is 74.6 Å². The van der Waals surface area contributed by atoms with Crippen LogP contribution in [0.1, 0.15) is 85.5 Å². The molecule has 0 aromatic rings. The third kappa shape index (κ3) is 5.47. The minimum Gasteiger partial charge on any atom is -0.477 e. The van der Waals surface area contributed by atoms with E-state index in [0.29, 0.717) is 12.0 Å². The Morgan fingerprint density at radius 3 is 1.73 bits per heavy atom. The number of hydrogen-bond donors (Lipinski definition) is 2. The summed E-state index contributed by atoms with van der Waals surface area (Å²) in [6, 6.07) is 0. The third-order valence-electron chi connectivity index (χ3n) is 4.56. The van der Waals surface area contributed by atoms with Gasteiger partial charge in [-0.3, -0.25) is 0 Å². The Bertz CT molecular complexity index is 382. The van der Waals surface area contributed by atoms with Crippen molar-refractivity contribution in [3.63, 3.8) is 0 Å². The summed E-state index contributed by atoms with van der Waals surface area (Å²) in [7, 11) is 0. The molecule has 0 spiro atoms. The Morgan fingerprint density at radius 1 is 0.818 bits per heavy atom. The molecule has 0 fully saturated rings. The highest BCUT2D eigenvalue weighted by molar-refractivity contribution is 6.13. The predicted molar refractivity (Wildman–Crippen MR) is 89.0 cm³/mol. The second kappa shape index (κ2) is 10.4. The second-order valence-corrected chi connectivity index (χ2v) is 6.05. The van der Waals surface area contributed by atoms with Gasteiger partial charge in [0, 0.05) is 0 Å². The molecule has 128 valence electrons. The summed E-state index contributed by atoms with van der Waals surface area (Å²) in [4.78, 5) is 23.1. The number of aliphatic carboxylic acids is 2. The van der Waals surface area contributed by atoms with E-state index in [9.17, 15) is 19.8 Å². The van der Waals surface area contributed by atoms with Crippen molar-refractivity contribution < 1.29 is 19.8 Å². The minimum absolute atomic E-state index is 0.286. The van der Waals surface area contributed by atoms with Gasteiger partial charge >= 0.3 is 11.9 Å². The molecule has 0 aliphatic heterocycles. The fraction of sp³-hybridized carbons (Fsp3) is 0.778. The van der Waals surface area contributed by atoms with E-state index >= 15 is 0 Å². The van der Waals surface area contributed by atoms with Crippen molar-refractivity contribution in [2.24, 2.45) is 5.41 Å². The zero-order valence-corrected chi connectivity index (χ0v) is 14.6. The van der Waals surface area contributed by atoms with Crippen molar-refractivity contribution in [3.05, 3.63) is 11.1 Å². The van der Waals surface area contributed by atoms with Gasteiger partial charge in [0.25, 0.3) is 0 Å². The van der Waals surface area contributed by atoms with E-state index in [1.165, 1.54) is 0 Å². The lowest BCUT2D eigenvalue weighted by Gasteiger charge is -2.37. The lowest BCUT2D eigenvalue weighted by molar-refractivity contribution is -0.140.